The standard InChI is InChI=1S/C14H21BrN2/c1-11-13(15)8-9-14(16-11)17(2)10-12-6-4-3-5-7-12/h8-9,12H,3-7,10H2,1-2H3. The molecule has 0 N–H and O–H groups in total. The quantitative estimate of drug-likeness (QED) is 0.832. The minimum atomic E-state index is 0.861. The Morgan fingerprint density at radius 2 is 2.00 bits per heavy atom. The smallest absolute Gasteiger partial charge is 0.128 e. The largest absolute Gasteiger partial charge is 0.359 e. The number of aryl methyl sites for hydroxylation is 1. The molecule has 2 nitrogen and oxygen atoms in total. The summed E-state index contributed by atoms with van der Waals surface area (Å²) in [5.74, 6) is 1.95. The fraction of sp³-hybridized carbons (Fsp3) is 0.643. The summed E-state index contributed by atoms with van der Waals surface area (Å²) < 4.78 is 1.09. The first-order valence-corrected chi connectivity index (χ1v) is 7.30. The fourth-order valence-corrected chi connectivity index (χ4v) is 2.81. The number of nitrogens with zero attached hydrogens (tertiary/aromatic N) is 2. The molecule has 0 aliphatic heterocycles. The number of pyridine rings is 1. The molecule has 1 aliphatic carbocycles. The molecule has 0 amide bonds. The molecule has 3 heteroatoms. The third-order valence-electron chi connectivity index (χ3n) is 3.65. The normalized spacial score (nSPS) is 17.1. The molecule has 2 rings (SSSR count). The Morgan fingerprint density at radius 1 is 1.29 bits per heavy atom. The Balaban J connectivity index is 1.98. The average Bonchev–Trinajstić information content (AvgIpc) is 2.34. The number of hydrogen-bond donors (Lipinski definition) is 0. The van der Waals surface area contributed by atoms with Crippen molar-refractivity contribution in [3.05, 3.63) is 22.3 Å². The van der Waals surface area contributed by atoms with Gasteiger partial charge in [0.25, 0.3) is 0 Å². The van der Waals surface area contributed by atoms with Crippen LogP contribution in [0.5, 0.6) is 0 Å². The van der Waals surface area contributed by atoms with Crippen LogP contribution in [0.25, 0.3) is 0 Å². The molecule has 1 heterocycles. The minimum Gasteiger partial charge on any atom is -0.359 e. The summed E-state index contributed by atoms with van der Waals surface area (Å²) in [5.41, 5.74) is 1.07. The highest BCUT2D eigenvalue weighted by atomic mass is 79.9. The Kier molecular flexibility index (Phi) is 4.43. The molecule has 0 bridgehead atoms. The van der Waals surface area contributed by atoms with Crippen LogP contribution in [-0.2, 0) is 0 Å². The summed E-state index contributed by atoms with van der Waals surface area (Å²) in [6.45, 7) is 3.19. The molecule has 0 spiro atoms. The van der Waals surface area contributed by atoms with Gasteiger partial charge in [-0.1, -0.05) is 19.3 Å². The van der Waals surface area contributed by atoms with Gasteiger partial charge >= 0.3 is 0 Å². The van der Waals surface area contributed by atoms with E-state index in [4.69, 9.17) is 0 Å². The van der Waals surface area contributed by atoms with E-state index in [1.807, 2.05) is 6.92 Å². The molecule has 0 radical (unpaired) electrons. The molecule has 1 aromatic rings. The van der Waals surface area contributed by atoms with Gasteiger partial charge in [-0.2, -0.15) is 0 Å². The van der Waals surface area contributed by atoms with Crippen molar-refractivity contribution in [3.63, 3.8) is 0 Å². The zero-order valence-corrected chi connectivity index (χ0v) is 12.3. The minimum absolute atomic E-state index is 0.861. The van der Waals surface area contributed by atoms with Crippen LogP contribution in [0, 0.1) is 12.8 Å². The van der Waals surface area contributed by atoms with Crippen molar-refractivity contribution in [1.29, 1.82) is 0 Å². The maximum Gasteiger partial charge on any atom is 0.128 e. The molecule has 1 aliphatic rings. The first kappa shape index (κ1) is 12.9. The summed E-state index contributed by atoms with van der Waals surface area (Å²) in [4.78, 5) is 6.92. The third kappa shape index (κ3) is 3.44. The molecular formula is C14H21BrN2. The Labute approximate surface area is 113 Å². The summed E-state index contributed by atoms with van der Waals surface area (Å²) in [6, 6.07) is 4.19. The van der Waals surface area contributed by atoms with Crippen LogP contribution in [0.1, 0.15) is 37.8 Å². The van der Waals surface area contributed by atoms with Gasteiger partial charge in [-0.05, 0) is 53.7 Å². The van der Waals surface area contributed by atoms with Crippen molar-refractivity contribution in [2.75, 3.05) is 18.5 Å². The molecule has 0 aromatic carbocycles. The van der Waals surface area contributed by atoms with E-state index >= 15 is 0 Å². The fourth-order valence-electron chi connectivity index (χ4n) is 2.59. The first-order valence-electron chi connectivity index (χ1n) is 6.51. The highest BCUT2D eigenvalue weighted by Gasteiger charge is 2.16. The van der Waals surface area contributed by atoms with Gasteiger partial charge in [0.05, 0.1) is 5.69 Å². The third-order valence-corrected chi connectivity index (χ3v) is 4.49. The Hall–Kier alpha value is -0.570. The van der Waals surface area contributed by atoms with E-state index in [-0.39, 0.29) is 0 Å². The zero-order valence-electron chi connectivity index (χ0n) is 10.7. The van der Waals surface area contributed by atoms with Crippen LogP contribution in [0.2, 0.25) is 0 Å². The van der Waals surface area contributed by atoms with E-state index in [2.05, 4.69) is 45.0 Å². The van der Waals surface area contributed by atoms with Crippen LogP contribution < -0.4 is 4.90 Å². The summed E-state index contributed by atoms with van der Waals surface area (Å²) >= 11 is 3.50. The molecule has 0 atom stereocenters. The zero-order chi connectivity index (χ0) is 12.3. The average molecular weight is 297 g/mol. The summed E-state index contributed by atoms with van der Waals surface area (Å²) in [7, 11) is 2.16. The monoisotopic (exact) mass is 296 g/mol. The van der Waals surface area contributed by atoms with E-state index in [0.29, 0.717) is 0 Å². The van der Waals surface area contributed by atoms with Crippen LogP contribution in [-0.4, -0.2) is 18.6 Å². The van der Waals surface area contributed by atoms with Crippen LogP contribution >= 0.6 is 15.9 Å². The number of hydrogen-bond acceptors (Lipinski definition) is 2. The molecule has 0 saturated heterocycles. The molecular weight excluding hydrogens is 276 g/mol. The second-order valence-corrected chi connectivity index (χ2v) is 5.98. The molecule has 1 fully saturated rings. The van der Waals surface area contributed by atoms with Gasteiger partial charge < -0.3 is 4.90 Å². The second kappa shape index (κ2) is 5.85. The van der Waals surface area contributed by atoms with Crippen molar-refractivity contribution < 1.29 is 0 Å². The van der Waals surface area contributed by atoms with Crippen molar-refractivity contribution >= 4 is 21.7 Å². The van der Waals surface area contributed by atoms with Crippen molar-refractivity contribution in [1.82, 2.24) is 4.98 Å². The number of halogens is 1. The number of anilines is 1. The highest BCUT2D eigenvalue weighted by molar-refractivity contribution is 9.10. The van der Waals surface area contributed by atoms with Crippen molar-refractivity contribution in [3.8, 4) is 0 Å². The van der Waals surface area contributed by atoms with Gasteiger partial charge in [0.2, 0.25) is 0 Å². The summed E-state index contributed by atoms with van der Waals surface area (Å²) in [6.07, 6.45) is 7.02. The highest BCUT2D eigenvalue weighted by Crippen LogP contribution is 2.26. The van der Waals surface area contributed by atoms with Crippen LogP contribution in [0.15, 0.2) is 16.6 Å². The maximum absolute atomic E-state index is 4.62. The molecule has 1 aromatic heterocycles. The van der Waals surface area contributed by atoms with Crippen LogP contribution in [0.3, 0.4) is 0 Å². The Bertz CT molecular complexity index is 372. The lowest BCUT2D eigenvalue weighted by atomic mass is 9.89. The van der Waals surface area contributed by atoms with Gasteiger partial charge in [-0.25, -0.2) is 4.98 Å². The lowest BCUT2D eigenvalue weighted by Crippen LogP contribution is -2.27. The van der Waals surface area contributed by atoms with Gasteiger partial charge in [0, 0.05) is 18.1 Å². The predicted molar refractivity (Wildman–Crippen MR) is 76.5 cm³/mol. The first-order chi connectivity index (χ1) is 8.16. The molecule has 0 unspecified atom stereocenters. The van der Waals surface area contributed by atoms with E-state index in [9.17, 15) is 0 Å². The second-order valence-electron chi connectivity index (χ2n) is 5.12. The summed E-state index contributed by atoms with van der Waals surface area (Å²) in [5, 5.41) is 0. The SMILES string of the molecule is Cc1nc(N(C)CC2CCCCC2)ccc1Br. The van der Waals surface area contributed by atoms with Gasteiger partial charge in [-0.3, -0.25) is 0 Å². The topological polar surface area (TPSA) is 16.1 Å². The number of aromatic nitrogens is 1. The molecule has 1 saturated carbocycles. The lowest BCUT2D eigenvalue weighted by molar-refractivity contribution is 0.361. The Morgan fingerprint density at radius 3 is 2.65 bits per heavy atom. The van der Waals surface area contributed by atoms with Crippen LogP contribution in [0.4, 0.5) is 5.82 Å². The van der Waals surface area contributed by atoms with E-state index in [1.165, 1.54) is 32.1 Å². The maximum atomic E-state index is 4.62. The predicted octanol–water partition coefficient (Wildman–Crippen LogP) is 4.17. The van der Waals surface area contributed by atoms with Gasteiger partial charge in [0.15, 0.2) is 0 Å². The van der Waals surface area contributed by atoms with E-state index in [1.54, 1.807) is 0 Å². The lowest BCUT2D eigenvalue weighted by Gasteiger charge is -2.27. The van der Waals surface area contributed by atoms with E-state index < -0.39 is 0 Å². The van der Waals surface area contributed by atoms with Crippen molar-refractivity contribution in [2.24, 2.45) is 5.92 Å². The molecule has 94 valence electrons. The van der Waals surface area contributed by atoms with Crippen molar-refractivity contribution in [2.45, 2.75) is 39.0 Å². The van der Waals surface area contributed by atoms with Gasteiger partial charge in [0.1, 0.15) is 5.82 Å². The van der Waals surface area contributed by atoms with E-state index in [0.717, 1.165) is 28.4 Å². The molecule has 17 heavy (non-hydrogen) atoms. The number of rotatable bonds is 3. The van der Waals surface area contributed by atoms with Gasteiger partial charge in [-0.15, -0.1) is 0 Å².